The van der Waals surface area contributed by atoms with Crippen molar-refractivity contribution in [2.45, 2.75) is 11.9 Å². The summed E-state index contributed by atoms with van der Waals surface area (Å²) in [6.07, 6.45) is 0. The molecule has 0 bridgehead atoms. The number of benzene rings is 3. The summed E-state index contributed by atoms with van der Waals surface area (Å²) in [5.41, 5.74) is 4.35. The maximum absolute atomic E-state index is 12.3. The fraction of sp³-hybridized carbons (Fsp3) is 0.200. The average molecular weight is 434 g/mol. The summed E-state index contributed by atoms with van der Waals surface area (Å²) in [7, 11) is 1.38. The van der Waals surface area contributed by atoms with Gasteiger partial charge in [-0.1, -0.05) is 42.5 Å². The molecule has 6 heteroatoms. The highest BCUT2D eigenvalue weighted by Crippen LogP contribution is 2.44. The highest BCUT2D eigenvalue weighted by atomic mass is 32.2. The normalized spacial score (nSPS) is 14.4. The van der Waals surface area contributed by atoms with E-state index in [2.05, 4.69) is 17.4 Å². The second kappa shape index (κ2) is 9.71. The van der Waals surface area contributed by atoms with Crippen LogP contribution in [0.25, 0.3) is 0 Å². The lowest BCUT2D eigenvalue weighted by atomic mass is 9.98. The third kappa shape index (κ3) is 4.75. The van der Waals surface area contributed by atoms with Gasteiger partial charge in [-0.15, -0.1) is 11.8 Å². The van der Waals surface area contributed by atoms with Crippen molar-refractivity contribution in [1.29, 1.82) is 0 Å². The summed E-state index contributed by atoms with van der Waals surface area (Å²) in [5, 5.41) is 2.95. The highest BCUT2D eigenvalue weighted by Gasteiger charge is 2.26. The molecule has 0 saturated heterocycles. The molecule has 1 aliphatic heterocycles. The number of methoxy groups -OCH3 is 1. The molecule has 3 aromatic rings. The van der Waals surface area contributed by atoms with Crippen LogP contribution < -0.4 is 10.1 Å². The number of carbonyl (C=O) groups is 2. The van der Waals surface area contributed by atoms with Gasteiger partial charge in [-0.05, 0) is 41.5 Å². The number of nitrogens with one attached hydrogen (secondary N) is 1. The van der Waals surface area contributed by atoms with Crippen molar-refractivity contribution in [2.75, 3.05) is 19.4 Å². The Balaban J connectivity index is 1.54. The molecule has 0 aromatic heterocycles. The van der Waals surface area contributed by atoms with Gasteiger partial charge in [0, 0.05) is 23.4 Å². The Bertz CT molecular complexity index is 1080. The molecule has 0 saturated carbocycles. The number of fused-ring (bicyclic) bond motifs is 2. The highest BCUT2D eigenvalue weighted by molar-refractivity contribution is 7.99. The smallest absolute Gasteiger partial charge is 0.337 e. The first-order valence-electron chi connectivity index (χ1n) is 10.0. The van der Waals surface area contributed by atoms with E-state index < -0.39 is 0 Å². The third-order valence-corrected chi connectivity index (χ3v) is 6.42. The molecule has 1 N–H and O–H groups in total. The molecular formula is C25H23NO4S. The van der Waals surface area contributed by atoms with E-state index in [1.165, 1.54) is 7.11 Å². The first-order valence-corrected chi connectivity index (χ1v) is 11.1. The van der Waals surface area contributed by atoms with Crippen LogP contribution in [0.4, 0.5) is 0 Å². The van der Waals surface area contributed by atoms with Crippen molar-refractivity contribution >= 4 is 23.6 Å². The zero-order valence-electron chi connectivity index (χ0n) is 17.2. The fourth-order valence-corrected chi connectivity index (χ4v) is 4.82. The molecular weight excluding hydrogens is 410 g/mol. The molecule has 0 aliphatic carbocycles. The zero-order chi connectivity index (χ0) is 21.6. The number of thioether (sulfide) groups is 1. The second-order valence-corrected chi connectivity index (χ2v) is 8.32. The summed E-state index contributed by atoms with van der Waals surface area (Å²) >= 11 is 1.71. The SMILES string of the molecule is COC(=O)c1ccc2c(c1)C(SCCNC(=O)c1ccccc1)c1ccccc1CO2. The molecule has 1 heterocycles. The van der Waals surface area contributed by atoms with E-state index in [1.807, 2.05) is 42.5 Å². The fourth-order valence-electron chi connectivity index (χ4n) is 3.59. The van der Waals surface area contributed by atoms with Crippen LogP contribution in [0.15, 0.2) is 72.8 Å². The Hall–Kier alpha value is -3.25. The summed E-state index contributed by atoms with van der Waals surface area (Å²) in [5.74, 6) is 1.01. The largest absolute Gasteiger partial charge is 0.489 e. The van der Waals surface area contributed by atoms with Gasteiger partial charge in [0.2, 0.25) is 0 Å². The maximum Gasteiger partial charge on any atom is 0.337 e. The Morgan fingerprint density at radius 2 is 1.77 bits per heavy atom. The van der Waals surface area contributed by atoms with E-state index in [1.54, 1.807) is 30.0 Å². The zero-order valence-corrected chi connectivity index (χ0v) is 18.0. The van der Waals surface area contributed by atoms with Gasteiger partial charge in [-0.2, -0.15) is 0 Å². The van der Waals surface area contributed by atoms with Gasteiger partial charge in [0.25, 0.3) is 5.91 Å². The number of esters is 1. The van der Waals surface area contributed by atoms with Gasteiger partial charge >= 0.3 is 5.97 Å². The van der Waals surface area contributed by atoms with Crippen LogP contribution in [-0.4, -0.2) is 31.3 Å². The van der Waals surface area contributed by atoms with Crippen molar-refractivity contribution in [2.24, 2.45) is 0 Å². The molecule has 31 heavy (non-hydrogen) atoms. The minimum atomic E-state index is -0.376. The number of hydrogen-bond acceptors (Lipinski definition) is 5. The molecule has 0 fully saturated rings. The lowest BCUT2D eigenvalue weighted by molar-refractivity contribution is 0.0600. The average Bonchev–Trinajstić information content (AvgIpc) is 2.98. The number of ether oxygens (including phenoxy) is 2. The second-order valence-electron chi connectivity index (χ2n) is 7.10. The van der Waals surface area contributed by atoms with Gasteiger partial charge in [-0.3, -0.25) is 4.79 Å². The molecule has 1 amide bonds. The number of amides is 1. The van der Waals surface area contributed by atoms with Gasteiger partial charge in [0.05, 0.1) is 17.9 Å². The topological polar surface area (TPSA) is 64.6 Å². The van der Waals surface area contributed by atoms with Gasteiger partial charge in [0.1, 0.15) is 12.4 Å². The van der Waals surface area contributed by atoms with Crippen molar-refractivity contribution in [3.05, 3.63) is 101 Å². The molecule has 1 atom stereocenters. The van der Waals surface area contributed by atoms with Crippen molar-refractivity contribution in [1.82, 2.24) is 5.32 Å². The maximum atomic E-state index is 12.3. The van der Waals surface area contributed by atoms with Crippen LogP contribution in [0.2, 0.25) is 0 Å². The quantitative estimate of drug-likeness (QED) is 0.454. The minimum absolute atomic E-state index is 0.0214. The monoisotopic (exact) mass is 433 g/mol. The number of hydrogen-bond donors (Lipinski definition) is 1. The molecule has 4 rings (SSSR count). The molecule has 0 radical (unpaired) electrons. The first-order chi connectivity index (χ1) is 15.2. The van der Waals surface area contributed by atoms with E-state index >= 15 is 0 Å². The summed E-state index contributed by atoms with van der Waals surface area (Å²) in [6.45, 7) is 1.01. The minimum Gasteiger partial charge on any atom is -0.489 e. The first kappa shape index (κ1) is 21.0. The lowest BCUT2D eigenvalue weighted by Gasteiger charge is -2.19. The van der Waals surface area contributed by atoms with Crippen LogP contribution >= 0.6 is 11.8 Å². The Labute approximate surface area is 185 Å². The molecule has 158 valence electrons. The van der Waals surface area contributed by atoms with Crippen molar-refractivity contribution < 1.29 is 19.1 Å². The molecule has 1 aliphatic rings. The number of carbonyl (C=O) groups excluding carboxylic acids is 2. The van der Waals surface area contributed by atoms with E-state index in [9.17, 15) is 9.59 Å². The van der Waals surface area contributed by atoms with Crippen LogP contribution in [0.3, 0.4) is 0 Å². The van der Waals surface area contributed by atoms with Crippen molar-refractivity contribution in [3.63, 3.8) is 0 Å². The van der Waals surface area contributed by atoms with E-state index in [4.69, 9.17) is 9.47 Å². The lowest BCUT2D eigenvalue weighted by Crippen LogP contribution is -2.25. The Morgan fingerprint density at radius 3 is 2.58 bits per heavy atom. The van der Waals surface area contributed by atoms with Crippen molar-refractivity contribution in [3.8, 4) is 5.75 Å². The van der Waals surface area contributed by atoms with Crippen LogP contribution in [-0.2, 0) is 11.3 Å². The Morgan fingerprint density at radius 1 is 1.00 bits per heavy atom. The summed E-state index contributed by atoms with van der Waals surface area (Å²) in [6, 6.07) is 22.8. The van der Waals surface area contributed by atoms with Crippen LogP contribution in [0, 0.1) is 0 Å². The van der Waals surface area contributed by atoms with E-state index in [0.29, 0.717) is 30.0 Å². The predicted molar refractivity (Wildman–Crippen MR) is 122 cm³/mol. The van der Waals surface area contributed by atoms with Crippen LogP contribution in [0.5, 0.6) is 5.75 Å². The molecule has 0 spiro atoms. The van der Waals surface area contributed by atoms with E-state index in [0.717, 1.165) is 22.4 Å². The van der Waals surface area contributed by atoms with Gasteiger partial charge < -0.3 is 14.8 Å². The molecule has 5 nitrogen and oxygen atoms in total. The molecule has 3 aromatic carbocycles. The van der Waals surface area contributed by atoms with Gasteiger partial charge in [-0.25, -0.2) is 4.79 Å². The van der Waals surface area contributed by atoms with Gasteiger partial charge in [0.15, 0.2) is 0 Å². The third-order valence-electron chi connectivity index (χ3n) is 5.14. The Kier molecular flexibility index (Phi) is 6.57. The summed E-state index contributed by atoms with van der Waals surface area (Å²) in [4.78, 5) is 24.4. The van der Waals surface area contributed by atoms with E-state index in [-0.39, 0.29) is 17.1 Å². The predicted octanol–water partition coefficient (Wildman–Crippen LogP) is 4.62. The summed E-state index contributed by atoms with van der Waals surface area (Å²) < 4.78 is 10.9. The van der Waals surface area contributed by atoms with Crippen LogP contribution in [0.1, 0.15) is 42.7 Å². The molecule has 1 unspecified atom stereocenters. The number of rotatable bonds is 6. The standard InChI is InChI=1S/C25H23NO4S/c1-29-25(28)18-11-12-22-21(15-18)23(20-10-6-5-9-19(20)16-30-22)31-14-13-26-24(27)17-7-3-2-4-8-17/h2-12,15,23H,13-14,16H2,1H3,(H,26,27).